The van der Waals surface area contributed by atoms with Crippen LogP contribution < -0.4 is 5.32 Å². The highest BCUT2D eigenvalue weighted by Gasteiger charge is 2.14. The van der Waals surface area contributed by atoms with Gasteiger partial charge in [0.05, 0.1) is 4.92 Å². The van der Waals surface area contributed by atoms with Gasteiger partial charge in [-0.05, 0) is 19.1 Å². The average Bonchev–Trinajstić information content (AvgIpc) is 2.31. The maximum absolute atomic E-state index is 13.0. The van der Waals surface area contributed by atoms with Gasteiger partial charge in [0, 0.05) is 17.8 Å². The SMILES string of the molecule is C/C=C/C=C/C(=O)Nc1ccc(F)c([N+](=O)[O-])c1. The molecule has 0 aliphatic rings. The number of anilines is 1. The van der Waals surface area contributed by atoms with Gasteiger partial charge in [0.25, 0.3) is 0 Å². The van der Waals surface area contributed by atoms with Gasteiger partial charge in [-0.3, -0.25) is 14.9 Å². The third kappa shape index (κ3) is 3.82. The minimum Gasteiger partial charge on any atom is -0.322 e. The Labute approximate surface area is 103 Å². The number of carbonyl (C=O) groups excluding carboxylic acids is 1. The van der Waals surface area contributed by atoms with E-state index in [9.17, 15) is 19.3 Å². The molecule has 1 amide bonds. The van der Waals surface area contributed by atoms with E-state index in [2.05, 4.69) is 5.32 Å². The van der Waals surface area contributed by atoms with Crippen LogP contribution in [0.25, 0.3) is 0 Å². The van der Waals surface area contributed by atoms with Crippen LogP contribution in [0.5, 0.6) is 0 Å². The second-order valence-electron chi connectivity index (χ2n) is 3.30. The number of hydrogen-bond donors (Lipinski definition) is 1. The number of amides is 1. The summed E-state index contributed by atoms with van der Waals surface area (Å²) in [6.45, 7) is 1.80. The predicted molar refractivity (Wildman–Crippen MR) is 65.6 cm³/mol. The second kappa shape index (κ2) is 6.29. The monoisotopic (exact) mass is 250 g/mol. The van der Waals surface area contributed by atoms with E-state index in [-0.39, 0.29) is 5.69 Å². The van der Waals surface area contributed by atoms with Gasteiger partial charge < -0.3 is 5.32 Å². The lowest BCUT2D eigenvalue weighted by molar-refractivity contribution is -0.387. The Kier molecular flexibility index (Phi) is 4.74. The number of rotatable bonds is 4. The lowest BCUT2D eigenvalue weighted by Crippen LogP contribution is -2.08. The van der Waals surface area contributed by atoms with Crippen molar-refractivity contribution in [1.29, 1.82) is 0 Å². The van der Waals surface area contributed by atoms with E-state index in [1.807, 2.05) is 0 Å². The fraction of sp³-hybridized carbons (Fsp3) is 0.0833. The number of nitrogens with one attached hydrogen (secondary N) is 1. The summed E-state index contributed by atoms with van der Waals surface area (Å²) in [4.78, 5) is 21.0. The van der Waals surface area contributed by atoms with E-state index < -0.39 is 22.3 Å². The second-order valence-corrected chi connectivity index (χ2v) is 3.30. The lowest BCUT2D eigenvalue weighted by Gasteiger charge is -2.02. The number of allylic oxidation sites excluding steroid dienone is 3. The molecular weight excluding hydrogens is 239 g/mol. The topological polar surface area (TPSA) is 72.2 Å². The Morgan fingerprint density at radius 3 is 2.78 bits per heavy atom. The van der Waals surface area contributed by atoms with E-state index in [0.29, 0.717) is 0 Å². The van der Waals surface area contributed by atoms with E-state index in [0.717, 1.165) is 12.1 Å². The van der Waals surface area contributed by atoms with Crippen molar-refractivity contribution in [2.75, 3.05) is 5.32 Å². The van der Waals surface area contributed by atoms with Crippen molar-refractivity contribution in [3.05, 3.63) is 58.4 Å². The van der Waals surface area contributed by atoms with E-state index in [4.69, 9.17) is 0 Å². The maximum atomic E-state index is 13.0. The minimum atomic E-state index is -0.942. The van der Waals surface area contributed by atoms with Crippen molar-refractivity contribution in [3.8, 4) is 0 Å². The molecule has 6 heteroatoms. The zero-order chi connectivity index (χ0) is 13.5. The number of carbonyl (C=O) groups is 1. The molecule has 0 saturated carbocycles. The van der Waals surface area contributed by atoms with Gasteiger partial charge in [0.1, 0.15) is 0 Å². The number of benzene rings is 1. The van der Waals surface area contributed by atoms with Crippen LogP contribution in [-0.4, -0.2) is 10.8 Å². The van der Waals surface area contributed by atoms with E-state index in [1.54, 1.807) is 19.1 Å². The van der Waals surface area contributed by atoms with Crippen LogP contribution in [0.4, 0.5) is 15.8 Å². The third-order valence-corrected chi connectivity index (χ3v) is 1.96. The first kappa shape index (κ1) is 13.6. The summed E-state index contributed by atoms with van der Waals surface area (Å²) < 4.78 is 13.0. The fourth-order valence-corrected chi connectivity index (χ4v) is 1.17. The molecule has 0 fully saturated rings. The standard InChI is InChI=1S/C12H11FN2O3/c1-2-3-4-5-12(16)14-9-6-7-10(13)11(8-9)15(17)18/h2-8H,1H3,(H,14,16)/b3-2+,5-4+. The predicted octanol–water partition coefficient (Wildman–Crippen LogP) is 2.80. The highest BCUT2D eigenvalue weighted by Crippen LogP contribution is 2.21. The molecule has 5 nitrogen and oxygen atoms in total. The summed E-state index contributed by atoms with van der Waals surface area (Å²) in [7, 11) is 0. The molecule has 0 bridgehead atoms. The summed E-state index contributed by atoms with van der Waals surface area (Å²) in [5, 5.41) is 12.9. The van der Waals surface area contributed by atoms with Gasteiger partial charge in [0.2, 0.25) is 11.7 Å². The quantitative estimate of drug-likeness (QED) is 0.386. The Bertz CT molecular complexity index is 524. The first-order valence-corrected chi connectivity index (χ1v) is 5.09. The summed E-state index contributed by atoms with van der Waals surface area (Å²) in [6.07, 6.45) is 6.18. The van der Waals surface area contributed by atoms with Gasteiger partial charge in [-0.1, -0.05) is 18.2 Å². The Morgan fingerprint density at radius 1 is 1.44 bits per heavy atom. The molecule has 1 N–H and O–H groups in total. The molecule has 1 aromatic rings. The molecule has 0 unspecified atom stereocenters. The van der Waals surface area contributed by atoms with Crippen molar-refractivity contribution in [2.24, 2.45) is 0 Å². The van der Waals surface area contributed by atoms with Crippen molar-refractivity contribution in [1.82, 2.24) is 0 Å². The number of halogens is 1. The van der Waals surface area contributed by atoms with Gasteiger partial charge in [-0.15, -0.1) is 0 Å². The first-order valence-electron chi connectivity index (χ1n) is 5.09. The zero-order valence-electron chi connectivity index (χ0n) is 9.59. The smallest absolute Gasteiger partial charge is 0.306 e. The highest BCUT2D eigenvalue weighted by atomic mass is 19.1. The average molecular weight is 250 g/mol. The van der Waals surface area contributed by atoms with Gasteiger partial charge >= 0.3 is 5.69 Å². The number of hydrogen-bond acceptors (Lipinski definition) is 3. The maximum Gasteiger partial charge on any atom is 0.306 e. The van der Waals surface area contributed by atoms with Crippen LogP contribution >= 0.6 is 0 Å². The number of nitro benzene ring substituents is 1. The third-order valence-electron chi connectivity index (χ3n) is 1.96. The summed E-state index contributed by atoms with van der Waals surface area (Å²) in [6, 6.07) is 3.16. The van der Waals surface area contributed by atoms with Crippen LogP contribution in [-0.2, 0) is 4.79 Å². The number of nitro groups is 1. The Hall–Kier alpha value is -2.50. The first-order chi connectivity index (χ1) is 8.54. The summed E-state index contributed by atoms with van der Waals surface area (Å²) in [5.41, 5.74) is -0.511. The van der Waals surface area contributed by atoms with Crippen LogP contribution in [0, 0.1) is 15.9 Å². The molecule has 1 aromatic carbocycles. The van der Waals surface area contributed by atoms with Gasteiger partial charge in [-0.2, -0.15) is 4.39 Å². The van der Waals surface area contributed by atoms with E-state index >= 15 is 0 Å². The zero-order valence-corrected chi connectivity index (χ0v) is 9.59. The van der Waals surface area contributed by atoms with Crippen molar-refractivity contribution in [2.45, 2.75) is 6.92 Å². The van der Waals surface area contributed by atoms with Crippen LogP contribution in [0.15, 0.2) is 42.5 Å². The van der Waals surface area contributed by atoms with Crippen molar-refractivity contribution in [3.63, 3.8) is 0 Å². The highest BCUT2D eigenvalue weighted by molar-refractivity contribution is 5.99. The van der Waals surface area contributed by atoms with Crippen molar-refractivity contribution < 1.29 is 14.1 Å². The lowest BCUT2D eigenvalue weighted by atomic mass is 10.2. The Balaban J connectivity index is 2.83. The van der Waals surface area contributed by atoms with Gasteiger partial charge in [-0.25, -0.2) is 0 Å². The molecule has 0 aliphatic heterocycles. The van der Waals surface area contributed by atoms with Crippen LogP contribution in [0.3, 0.4) is 0 Å². The molecule has 1 rings (SSSR count). The van der Waals surface area contributed by atoms with Crippen LogP contribution in [0.2, 0.25) is 0 Å². The molecular formula is C12H11FN2O3. The Morgan fingerprint density at radius 2 is 2.17 bits per heavy atom. The molecule has 0 heterocycles. The molecule has 18 heavy (non-hydrogen) atoms. The van der Waals surface area contributed by atoms with Crippen LogP contribution in [0.1, 0.15) is 6.92 Å². The molecule has 0 aliphatic carbocycles. The fourth-order valence-electron chi connectivity index (χ4n) is 1.17. The van der Waals surface area contributed by atoms with E-state index in [1.165, 1.54) is 18.2 Å². The molecule has 0 aromatic heterocycles. The minimum absolute atomic E-state index is 0.165. The molecule has 94 valence electrons. The summed E-state index contributed by atoms with van der Waals surface area (Å²) in [5.74, 6) is -1.39. The van der Waals surface area contributed by atoms with Crippen molar-refractivity contribution >= 4 is 17.3 Å². The molecule has 0 atom stereocenters. The largest absolute Gasteiger partial charge is 0.322 e. The molecule has 0 spiro atoms. The van der Waals surface area contributed by atoms with Gasteiger partial charge in [0.15, 0.2) is 0 Å². The molecule has 0 saturated heterocycles. The number of nitrogens with zero attached hydrogens (tertiary/aromatic N) is 1. The normalized spacial score (nSPS) is 11.0. The summed E-state index contributed by atoms with van der Waals surface area (Å²) >= 11 is 0. The molecule has 0 radical (unpaired) electrons.